The Morgan fingerprint density at radius 2 is 1.73 bits per heavy atom. The molecule has 1 aliphatic heterocycles. The number of carbonyl (C=O) groups is 3. The van der Waals surface area contributed by atoms with Gasteiger partial charge in [-0.15, -0.1) is 0 Å². The van der Waals surface area contributed by atoms with Gasteiger partial charge in [-0.25, -0.2) is 0 Å². The van der Waals surface area contributed by atoms with E-state index in [4.69, 9.17) is 14.2 Å². The third-order valence-corrected chi connectivity index (χ3v) is 7.34. The standard InChI is InChI=1S/C33H27NO6/c1-38-26-8-4-7-25(17-26)34-31(35)14-20-9-12-27(32(36)23-11-10-21-5-2-3-6-22(21)15-23)33(37)28-18-30-29(39-19-40-30)16-24(28)13-20/h2-8,10-12,15-18,20H,9,13-14,19H2,1H3,(H,34,35). The Balaban J connectivity index is 1.33. The largest absolute Gasteiger partial charge is 0.497 e. The van der Waals surface area contributed by atoms with Gasteiger partial charge < -0.3 is 19.5 Å². The van der Waals surface area contributed by atoms with E-state index in [9.17, 15) is 14.4 Å². The quantitative estimate of drug-likeness (QED) is 0.236. The molecule has 7 nitrogen and oxygen atoms in total. The molecule has 4 aromatic carbocycles. The second-order valence-corrected chi connectivity index (χ2v) is 9.99. The summed E-state index contributed by atoms with van der Waals surface area (Å²) in [6.07, 6.45) is 2.75. The van der Waals surface area contributed by atoms with E-state index in [0.29, 0.717) is 46.9 Å². The summed E-state index contributed by atoms with van der Waals surface area (Å²) < 4.78 is 16.4. The number of amides is 1. The number of carbonyl (C=O) groups excluding carboxylic acids is 3. The van der Waals surface area contributed by atoms with Gasteiger partial charge in [0.15, 0.2) is 23.1 Å². The highest BCUT2D eigenvalue weighted by Crippen LogP contribution is 2.38. The zero-order valence-electron chi connectivity index (χ0n) is 21.9. The van der Waals surface area contributed by atoms with E-state index in [-0.39, 0.29) is 42.2 Å². The van der Waals surface area contributed by atoms with Gasteiger partial charge in [-0.3, -0.25) is 14.4 Å². The van der Waals surface area contributed by atoms with Crippen LogP contribution in [0.15, 0.2) is 90.5 Å². The van der Waals surface area contributed by atoms with Crippen LogP contribution in [0, 0.1) is 5.92 Å². The molecule has 1 heterocycles. The van der Waals surface area contributed by atoms with Gasteiger partial charge in [0, 0.05) is 29.3 Å². The van der Waals surface area contributed by atoms with Crippen molar-refractivity contribution in [2.24, 2.45) is 5.92 Å². The number of nitrogens with one attached hydrogen (secondary N) is 1. The molecule has 0 radical (unpaired) electrons. The molecule has 0 bridgehead atoms. The number of rotatable bonds is 6. The molecular formula is C33H27NO6. The average molecular weight is 534 g/mol. The van der Waals surface area contributed by atoms with Crippen molar-refractivity contribution in [2.45, 2.75) is 19.3 Å². The molecule has 0 spiro atoms. The first kappa shape index (κ1) is 25.4. The number of hydrogen-bond acceptors (Lipinski definition) is 6. The number of ether oxygens (including phenoxy) is 3. The molecular weight excluding hydrogens is 506 g/mol. The highest BCUT2D eigenvalue weighted by Gasteiger charge is 2.30. The SMILES string of the molecule is COc1cccc(NC(=O)CC2CC=C(C(=O)c3ccc4ccccc4c3)C(=O)c3cc4c(cc3C2)OCO4)c1. The lowest BCUT2D eigenvalue weighted by molar-refractivity contribution is -0.117. The average Bonchev–Trinajstić information content (AvgIpc) is 3.43. The molecule has 1 N–H and O–H groups in total. The molecule has 4 aromatic rings. The summed E-state index contributed by atoms with van der Waals surface area (Å²) in [5.41, 5.74) is 2.28. The van der Waals surface area contributed by atoms with Gasteiger partial charge in [0.2, 0.25) is 12.7 Å². The van der Waals surface area contributed by atoms with Gasteiger partial charge in [0.1, 0.15) is 5.75 Å². The normalized spacial score (nSPS) is 16.0. The number of methoxy groups -OCH3 is 1. The Kier molecular flexibility index (Phi) is 6.78. The summed E-state index contributed by atoms with van der Waals surface area (Å²) in [6.45, 7) is 0.0670. The summed E-state index contributed by atoms with van der Waals surface area (Å²) >= 11 is 0. The van der Waals surface area contributed by atoms with Crippen molar-refractivity contribution in [1.29, 1.82) is 0 Å². The van der Waals surface area contributed by atoms with Crippen LogP contribution in [0.25, 0.3) is 10.8 Å². The number of ketones is 2. The zero-order chi connectivity index (χ0) is 27.6. The Labute approximate surface area is 231 Å². The second kappa shape index (κ2) is 10.7. The molecule has 7 heteroatoms. The smallest absolute Gasteiger partial charge is 0.231 e. The lowest BCUT2D eigenvalue weighted by Crippen LogP contribution is -2.22. The molecule has 0 saturated carbocycles. The van der Waals surface area contributed by atoms with Crippen molar-refractivity contribution in [1.82, 2.24) is 0 Å². The van der Waals surface area contributed by atoms with Gasteiger partial charge in [-0.05, 0) is 65.4 Å². The van der Waals surface area contributed by atoms with Crippen LogP contribution in [0.2, 0.25) is 0 Å². The first-order chi connectivity index (χ1) is 19.5. The second-order valence-electron chi connectivity index (χ2n) is 9.99. The van der Waals surface area contributed by atoms with Gasteiger partial charge in [0.25, 0.3) is 0 Å². The highest BCUT2D eigenvalue weighted by atomic mass is 16.7. The number of hydrogen-bond donors (Lipinski definition) is 1. The number of benzene rings is 4. The maximum Gasteiger partial charge on any atom is 0.231 e. The highest BCUT2D eigenvalue weighted by molar-refractivity contribution is 6.31. The first-order valence-electron chi connectivity index (χ1n) is 13.1. The number of Topliss-reactive ketones (excluding diaryl/α,β-unsaturated/α-hetero) is 2. The van der Waals surface area contributed by atoms with E-state index in [1.165, 1.54) is 0 Å². The lowest BCUT2D eigenvalue weighted by Gasteiger charge is -2.21. The lowest BCUT2D eigenvalue weighted by atomic mass is 9.82. The Hall–Kier alpha value is -4.91. The maximum atomic E-state index is 13.8. The molecule has 40 heavy (non-hydrogen) atoms. The number of allylic oxidation sites excluding steroid dienone is 2. The van der Waals surface area contributed by atoms with Gasteiger partial charge in [-0.2, -0.15) is 0 Å². The fraction of sp³-hybridized carbons (Fsp3) is 0.182. The van der Waals surface area contributed by atoms with Crippen LogP contribution in [-0.2, 0) is 11.2 Å². The summed E-state index contributed by atoms with van der Waals surface area (Å²) in [4.78, 5) is 40.6. The van der Waals surface area contributed by atoms with Crippen molar-refractivity contribution < 1.29 is 28.6 Å². The molecule has 0 aromatic heterocycles. The fourth-order valence-electron chi connectivity index (χ4n) is 5.29. The van der Waals surface area contributed by atoms with Crippen LogP contribution in [0.4, 0.5) is 5.69 Å². The molecule has 6 rings (SSSR count). The minimum Gasteiger partial charge on any atom is -0.497 e. The molecule has 0 fully saturated rings. The first-order valence-corrected chi connectivity index (χ1v) is 13.1. The topological polar surface area (TPSA) is 90.9 Å². The Morgan fingerprint density at radius 3 is 2.55 bits per heavy atom. The van der Waals surface area contributed by atoms with Gasteiger partial charge in [0.05, 0.1) is 12.7 Å². The van der Waals surface area contributed by atoms with Crippen LogP contribution in [-0.4, -0.2) is 31.4 Å². The Bertz CT molecular complexity index is 1690. The molecule has 1 aliphatic carbocycles. The van der Waals surface area contributed by atoms with Crippen molar-refractivity contribution in [3.05, 3.63) is 107 Å². The third kappa shape index (κ3) is 5.06. The van der Waals surface area contributed by atoms with Gasteiger partial charge in [-0.1, -0.05) is 48.5 Å². The summed E-state index contributed by atoms with van der Waals surface area (Å²) in [7, 11) is 1.57. The van der Waals surface area contributed by atoms with Crippen LogP contribution in [0.5, 0.6) is 17.2 Å². The predicted octanol–water partition coefficient (Wildman–Crippen LogP) is 6.16. The number of fused-ring (bicyclic) bond motifs is 3. The van der Waals surface area contributed by atoms with Crippen molar-refractivity contribution >= 4 is 33.9 Å². The van der Waals surface area contributed by atoms with E-state index < -0.39 is 0 Å². The van der Waals surface area contributed by atoms with E-state index >= 15 is 0 Å². The third-order valence-electron chi connectivity index (χ3n) is 7.34. The Morgan fingerprint density at radius 1 is 0.925 bits per heavy atom. The molecule has 1 atom stereocenters. The zero-order valence-corrected chi connectivity index (χ0v) is 21.9. The van der Waals surface area contributed by atoms with Crippen LogP contribution >= 0.6 is 0 Å². The maximum absolute atomic E-state index is 13.8. The molecule has 2 aliphatic rings. The monoisotopic (exact) mass is 533 g/mol. The van der Waals surface area contributed by atoms with E-state index in [2.05, 4.69) is 5.32 Å². The van der Waals surface area contributed by atoms with Crippen LogP contribution < -0.4 is 19.5 Å². The van der Waals surface area contributed by atoms with Crippen LogP contribution in [0.3, 0.4) is 0 Å². The summed E-state index contributed by atoms with van der Waals surface area (Å²) in [5.74, 6) is 0.648. The molecule has 0 saturated heterocycles. The molecule has 200 valence electrons. The predicted molar refractivity (Wildman–Crippen MR) is 151 cm³/mol. The molecule has 1 unspecified atom stereocenters. The minimum absolute atomic E-state index is 0.0670. The minimum atomic E-state index is -0.356. The van der Waals surface area contributed by atoms with E-state index in [0.717, 1.165) is 16.3 Å². The summed E-state index contributed by atoms with van der Waals surface area (Å²) in [6, 6.07) is 23.8. The number of anilines is 1. The van der Waals surface area contributed by atoms with Crippen molar-refractivity contribution in [2.75, 3.05) is 19.2 Å². The van der Waals surface area contributed by atoms with Crippen LogP contribution in [0.1, 0.15) is 39.1 Å². The van der Waals surface area contributed by atoms with Crippen molar-refractivity contribution in [3.63, 3.8) is 0 Å². The fourth-order valence-corrected chi connectivity index (χ4v) is 5.29. The molecule has 1 amide bonds. The van der Waals surface area contributed by atoms with E-state index in [1.807, 2.05) is 48.5 Å². The van der Waals surface area contributed by atoms with Crippen molar-refractivity contribution in [3.8, 4) is 17.2 Å². The summed E-state index contributed by atoms with van der Waals surface area (Å²) in [5, 5.41) is 4.86. The van der Waals surface area contributed by atoms with Gasteiger partial charge >= 0.3 is 0 Å². The van der Waals surface area contributed by atoms with E-state index in [1.54, 1.807) is 43.5 Å².